The molecule has 0 saturated carbocycles. The SMILES string of the molecule is O=S(=O)(c1ccccc1)n1cc(I)c2c(F)cccc21. The molecule has 0 N–H and O–H groups in total. The standard InChI is InChI=1S/C14H9FINO2S/c15-11-7-4-8-13-14(11)12(16)9-17(13)20(18,19)10-5-2-1-3-6-10/h1-9H. The largest absolute Gasteiger partial charge is 0.268 e. The molecule has 0 unspecified atom stereocenters. The first-order chi connectivity index (χ1) is 9.51. The zero-order valence-corrected chi connectivity index (χ0v) is 13.1. The summed E-state index contributed by atoms with van der Waals surface area (Å²) in [5, 5.41) is 0.326. The van der Waals surface area contributed by atoms with E-state index in [2.05, 4.69) is 0 Å². The summed E-state index contributed by atoms with van der Waals surface area (Å²) in [4.78, 5) is 0.178. The van der Waals surface area contributed by atoms with E-state index in [1.54, 1.807) is 24.3 Å². The minimum Gasteiger partial charge on any atom is -0.240 e. The fourth-order valence-electron chi connectivity index (χ4n) is 2.07. The molecule has 1 aromatic heterocycles. The maximum absolute atomic E-state index is 13.8. The molecule has 0 atom stereocenters. The van der Waals surface area contributed by atoms with E-state index in [0.29, 0.717) is 14.5 Å². The Hall–Kier alpha value is -1.41. The van der Waals surface area contributed by atoms with Crippen molar-refractivity contribution >= 4 is 43.5 Å². The highest BCUT2D eigenvalue weighted by atomic mass is 127. The Morgan fingerprint density at radius 2 is 1.70 bits per heavy atom. The van der Waals surface area contributed by atoms with Crippen LogP contribution in [0.25, 0.3) is 10.9 Å². The Kier molecular flexibility index (Phi) is 3.29. The molecule has 0 spiro atoms. The summed E-state index contributed by atoms with van der Waals surface area (Å²) >= 11 is 1.94. The summed E-state index contributed by atoms with van der Waals surface area (Å²) in [6.45, 7) is 0. The topological polar surface area (TPSA) is 39.1 Å². The predicted molar refractivity (Wildman–Crippen MR) is 83.6 cm³/mol. The molecular weight excluding hydrogens is 392 g/mol. The second kappa shape index (κ2) is 4.85. The Bertz CT molecular complexity index is 888. The quantitative estimate of drug-likeness (QED) is 0.616. The monoisotopic (exact) mass is 401 g/mol. The van der Waals surface area contributed by atoms with Gasteiger partial charge in [-0.1, -0.05) is 24.3 Å². The van der Waals surface area contributed by atoms with Crippen molar-refractivity contribution in [3.8, 4) is 0 Å². The van der Waals surface area contributed by atoms with Gasteiger partial charge in [0.05, 0.1) is 10.4 Å². The number of hydrogen-bond donors (Lipinski definition) is 0. The van der Waals surface area contributed by atoms with Crippen molar-refractivity contribution in [1.82, 2.24) is 3.97 Å². The second-order valence-corrected chi connectivity index (χ2v) is 7.20. The van der Waals surface area contributed by atoms with Crippen LogP contribution in [0.5, 0.6) is 0 Å². The molecule has 102 valence electrons. The predicted octanol–water partition coefficient (Wildman–Crippen LogP) is 3.62. The third-order valence-corrected chi connectivity index (χ3v) is 5.50. The van der Waals surface area contributed by atoms with Gasteiger partial charge in [0.1, 0.15) is 5.82 Å². The average molecular weight is 401 g/mol. The minimum absolute atomic E-state index is 0.178. The van der Waals surface area contributed by atoms with Gasteiger partial charge in [0.25, 0.3) is 10.0 Å². The summed E-state index contributed by atoms with van der Waals surface area (Å²) in [6, 6.07) is 12.5. The number of nitrogens with zero attached hydrogens (tertiary/aromatic N) is 1. The van der Waals surface area contributed by atoms with Gasteiger partial charge in [-0.05, 0) is 46.9 Å². The van der Waals surface area contributed by atoms with E-state index in [1.165, 1.54) is 30.5 Å². The van der Waals surface area contributed by atoms with Crippen LogP contribution in [0.3, 0.4) is 0 Å². The summed E-state index contributed by atoms with van der Waals surface area (Å²) in [5.74, 6) is -0.422. The Morgan fingerprint density at radius 1 is 1.00 bits per heavy atom. The van der Waals surface area contributed by atoms with E-state index in [1.807, 2.05) is 22.6 Å². The van der Waals surface area contributed by atoms with Gasteiger partial charge in [0.2, 0.25) is 0 Å². The smallest absolute Gasteiger partial charge is 0.240 e. The fourth-order valence-corrected chi connectivity index (χ4v) is 4.46. The molecule has 3 rings (SSSR count). The van der Waals surface area contributed by atoms with E-state index in [0.717, 1.165) is 3.97 Å². The number of aromatic nitrogens is 1. The molecule has 0 radical (unpaired) electrons. The van der Waals surface area contributed by atoms with Crippen molar-refractivity contribution in [2.75, 3.05) is 0 Å². The lowest BCUT2D eigenvalue weighted by atomic mass is 10.2. The second-order valence-electron chi connectivity index (χ2n) is 4.22. The molecule has 2 aromatic carbocycles. The number of hydrogen-bond acceptors (Lipinski definition) is 2. The van der Waals surface area contributed by atoms with E-state index < -0.39 is 15.8 Å². The Labute approximate surface area is 129 Å². The molecular formula is C14H9FINO2S. The Morgan fingerprint density at radius 3 is 2.40 bits per heavy atom. The van der Waals surface area contributed by atoms with Gasteiger partial charge in [-0.3, -0.25) is 0 Å². The molecule has 1 heterocycles. The van der Waals surface area contributed by atoms with Crippen LogP contribution >= 0.6 is 22.6 Å². The Balaban J connectivity index is 2.34. The maximum atomic E-state index is 13.8. The zero-order chi connectivity index (χ0) is 14.3. The highest BCUT2D eigenvalue weighted by Crippen LogP contribution is 2.28. The maximum Gasteiger partial charge on any atom is 0.268 e. The van der Waals surface area contributed by atoms with Gasteiger partial charge in [-0.15, -0.1) is 0 Å². The van der Waals surface area contributed by atoms with Crippen molar-refractivity contribution in [2.45, 2.75) is 4.90 Å². The first-order valence-electron chi connectivity index (χ1n) is 5.77. The van der Waals surface area contributed by atoms with E-state index in [4.69, 9.17) is 0 Å². The lowest BCUT2D eigenvalue weighted by Crippen LogP contribution is -2.11. The molecule has 3 aromatic rings. The molecule has 0 fully saturated rings. The van der Waals surface area contributed by atoms with Gasteiger partial charge in [-0.25, -0.2) is 16.8 Å². The highest BCUT2D eigenvalue weighted by molar-refractivity contribution is 14.1. The summed E-state index contributed by atoms with van der Waals surface area (Å²) in [5.41, 5.74) is 0.346. The van der Waals surface area contributed by atoms with Crippen molar-refractivity contribution in [3.05, 3.63) is 64.1 Å². The fraction of sp³-hybridized carbons (Fsp3) is 0. The number of rotatable bonds is 2. The van der Waals surface area contributed by atoms with Gasteiger partial charge in [0.15, 0.2) is 0 Å². The number of halogens is 2. The van der Waals surface area contributed by atoms with Crippen molar-refractivity contribution in [1.29, 1.82) is 0 Å². The molecule has 0 bridgehead atoms. The molecule has 6 heteroatoms. The lowest BCUT2D eigenvalue weighted by Gasteiger charge is -2.07. The molecule has 0 saturated heterocycles. The van der Waals surface area contributed by atoms with Crippen LogP contribution in [-0.4, -0.2) is 12.4 Å². The molecule has 0 aliphatic rings. The van der Waals surface area contributed by atoms with Crippen molar-refractivity contribution < 1.29 is 12.8 Å². The highest BCUT2D eigenvalue weighted by Gasteiger charge is 2.21. The van der Waals surface area contributed by atoms with Gasteiger partial charge >= 0.3 is 0 Å². The van der Waals surface area contributed by atoms with Crippen LogP contribution in [0.2, 0.25) is 0 Å². The number of benzene rings is 2. The molecule has 20 heavy (non-hydrogen) atoms. The average Bonchev–Trinajstić information content (AvgIpc) is 2.79. The van der Waals surface area contributed by atoms with Gasteiger partial charge < -0.3 is 0 Å². The van der Waals surface area contributed by atoms with Crippen LogP contribution in [0.1, 0.15) is 0 Å². The van der Waals surface area contributed by atoms with Crippen LogP contribution in [0.15, 0.2) is 59.6 Å². The van der Waals surface area contributed by atoms with Crippen LogP contribution < -0.4 is 0 Å². The summed E-state index contributed by atoms with van der Waals surface area (Å²) in [6.07, 6.45) is 1.44. The first kappa shape index (κ1) is 13.6. The van der Waals surface area contributed by atoms with Gasteiger partial charge in [-0.2, -0.15) is 0 Å². The van der Waals surface area contributed by atoms with Crippen LogP contribution in [0, 0.1) is 9.39 Å². The van der Waals surface area contributed by atoms with E-state index in [-0.39, 0.29) is 4.90 Å². The molecule has 0 aliphatic heterocycles. The van der Waals surface area contributed by atoms with Crippen LogP contribution in [0.4, 0.5) is 4.39 Å². The number of fused-ring (bicyclic) bond motifs is 1. The van der Waals surface area contributed by atoms with E-state index in [9.17, 15) is 12.8 Å². The zero-order valence-electron chi connectivity index (χ0n) is 10.1. The normalized spacial score (nSPS) is 11.9. The molecule has 0 amide bonds. The third kappa shape index (κ3) is 2.03. The summed E-state index contributed by atoms with van der Waals surface area (Å²) in [7, 11) is -3.72. The first-order valence-corrected chi connectivity index (χ1v) is 8.29. The summed E-state index contributed by atoms with van der Waals surface area (Å²) < 4.78 is 40.7. The van der Waals surface area contributed by atoms with Crippen molar-refractivity contribution in [2.24, 2.45) is 0 Å². The lowest BCUT2D eigenvalue weighted by molar-refractivity contribution is 0.589. The molecule has 0 aliphatic carbocycles. The third-order valence-electron chi connectivity index (χ3n) is 3.00. The van der Waals surface area contributed by atoms with Crippen LogP contribution in [-0.2, 0) is 10.0 Å². The van der Waals surface area contributed by atoms with E-state index >= 15 is 0 Å². The van der Waals surface area contributed by atoms with Crippen molar-refractivity contribution in [3.63, 3.8) is 0 Å². The molecule has 3 nitrogen and oxygen atoms in total. The van der Waals surface area contributed by atoms with Gasteiger partial charge in [0, 0.05) is 15.2 Å². The minimum atomic E-state index is -3.72.